The van der Waals surface area contributed by atoms with Crippen LogP contribution in [-0.4, -0.2) is 21.3 Å². The van der Waals surface area contributed by atoms with Crippen LogP contribution in [0.3, 0.4) is 0 Å². The molecule has 1 aromatic heterocycles. The van der Waals surface area contributed by atoms with Crippen LogP contribution in [0.15, 0.2) is 24.4 Å². The molecule has 0 unspecified atom stereocenters. The maximum atomic E-state index is 12.9. The van der Waals surface area contributed by atoms with Crippen LogP contribution < -0.4 is 0 Å². The Labute approximate surface area is 89.3 Å². The lowest BCUT2D eigenvalue weighted by atomic mass is 10.3. The monoisotopic (exact) mass is 225 g/mol. The fourth-order valence-corrected chi connectivity index (χ4v) is 1.32. The zero-order chi connectivity index (χ0) is 10.8. The van der Waals surface area contributed by atoms with Crippen LogP contribution in [0.25, 0.3) is 5.69 Å². The largest absolute Gasteiger partial charge is 0.296 e. The van der Waals surface area contributed by atoms with E-state index in [0.717, 1.165) is 0 Å². The Morgan fingerprint density at radius 3 is 2.93 bits per heavy atom. The van der Waals surface area contributed by atoms with Gasteiger partial charge >= 0.3 is 0 Å². The molecule has 0 atom stereocenters. The van der Waals surface area contributed by atoms with Gasteiger partial charge in [0.25, 0.3) is 0 Å². The predicted molar refractivity (Wildman–Crippen MR) is 51.7 cm³/mol. The van der Waals surface area contributed by atoms with E-state index in [4.69, 9.17) is 11.6 Å². The van der Waals surface area contributed by atoms with E-state index in [2.05, 4.69) is 10.3 Å². The summed E-state index contributed by atoms with van der Waals surface area (Å²) in [5.41, 5.74) is 0.763. The molecular formula is C9H5ClFN3O. The van der Waals surface area contributed by atoms with Gasteiger partial charge < -0.3 is 0 Å². The number of hydrogen-bond donors (Lipinski definition) is 0. The van der Waals surface area contributed by atoms with Crippen molar-refractivity contribution < 1.29 is 9.18 Å². The Kier molecular flexibility index (Phi) is 2.47. The van der Waals surface area contributed by atoms with Gasteiger partial charge in [-0.3, -0.25) is 4.79 Å². The fourth-order valence-electron chi connectivity index (χ4n) is 1.14. The molecule has 6 heteroatoms. The smallest absolute Gasteiger partial charge is 0.170 e. The Balaban J connectivity index is 2.54. The molecule has 0 spiro atoms. The standard InChI is InChI=1S/C9H5ClFN3O/c10-8-3-6(1-2-9(8)11)14-7(5-15)4-12-13-14/h1-5H. The van der Waals surface area contributed by atoms with Crippen molar-refractivity contribution in [3.8, 4) is 5.69 Å². The Hall–Kier alpha value is -1.75. The molecule has 1 heterocycles. The summed E-state index contributed by atoms with van der Waals surface area (Å²) in [6, 6.07) is 4.04. The minimum atomic E-state index is -0.520. The van der Waals surface area contributed by atoms with Gasteiger partial charge in [-0.05, 0) is 18.2 Å². The molecule has 76 valence electrons. The molecule has 0 radical (unpaired) electrons. The van der Waals surface area contributed by atoms with Crippen LogP contribution >= 0.6 is 11.6 Å². The van der Waals surface area contributed by atoms with Crippen molar-refractivity contribution in [3.63, 3.8) is 0 Å². The molecule has 0 fully saturated rings. The highest BCUT2D eigenvalue weighted by molar-refractivity contribution is 6.30. The summed E-state index contributed by atoms with van der Waals surface area (Å²) in [6.07, 6.45) is 1.92. The Morgan fingerprint density at radius 1 is 1.47 bits per heavy atom. The van der Waals surface area contributed by atoms with Crippen LogP contribution in [0.5, 0.6) is 0 Å². The summed E-state index contributed by atoms with van der Waals surface area (Å²) in [5.74, 6) is -0.520. The van der Waals surface area contributed by atoms with Crippen molar-refractivity contribution in [1.82, 2.24) is 15.0 Å². The summed E-state index contributed by atoms with van der Waals surface area (Å²) in [5, 5.41) is 7.22. The molecule has 0 bridgehead atoms. The number of benzene rings is 1. The van der Waals surface area contributed by atoms with Gasteiger partial charge in [-0.15, -0.1) is 5.10 Å². The number of carbonyl (C=O) groups excluding carboxylic acids is 1. The van der Waals surface area contributed by atoms with E-state index in [9.17, 15) is 9.18 Å². The van der Waals surface area contributed by atoms with Gasteiger partial charge in [-0.1, -0.05) is 16.8 Å². The molecule has 2 rings (SSSR count). The van der Waals surface area contributed by atoms with E-state index < -0.39 is 5.82 Å². The van der Waals surface area contributed by atoms with E-state index in [1.807, 2.05) is 0 Å². The first kappa shape index (κ1) is 9.79. The van der Waals surface area contributed by atoms with Gasteiger partial charge in [-0.25, -0.2) is 9.07 Å². The normalized spacial score (nSPS) is 10.3. The van der Waals surface area contributed by atoms with E-state index in [1.54, 1.807) is 0 Å². The Bertz CT molecular complexity index is 512. The highest BCUT2D eigenvalue weighted by Gasteiger charge is 2.07. The molecule has 0 saturated heterocycles. The highest BCUT2D eigenvalue weighted by Crippen LogP contribution is 2.18. The molecule has 1 aromatic carbocycles. The van der Waals surface area contributed by atoms with E-state index >= 15 is 0 Å². The highest BCUT2D eigenvalue weighted by atomic mass is 35.5. The SMILES string of the molecule is O=Cc1cnnn1-c1ccc(F)c(Cl)c1. The van der Waals surface area contributed by atoms with Crippen molar-refractivity contribution in [1.29, 1.82) is 0 Å². The van der Waals surface area contributed by atoms with Gasteiger partial charge in [0, 0.05) is 0 Å². The number of aromatic nitrogens is 3. The summed E-state index contributed by atoms with van der Waals surface area (Å²) < 4.78 is 14.2. The number of rotatable bonds is 2. The molecule has 0 saturated carbocycles. The summed E-state index contributed by atoms with van der Waals surface area (Å²) in [6.45, 7) is 0. The number of aldehydes is 1. The summed E-state index contributed by atoms with van der Waals surface area (Å²) in [4.78, 5) is 10.6. The third-order valence-electron chi connectivity index (χ3n) is 1.84. The minimum absolute atomic E-state index is 0.0279. The minimum Gasteiger partial charge on any atom is -0.296 e. The molecule has 4 nitrogen and oxygen atoms in total. The van der Waals surface area contributed by atoms with Gasteiger partial charge in [0.05, 0.1) is 16.9 Å². The first-order valence-electron chi connectivity index (χ1n) is 4.03. The predicted octanol–water partition coefficient (Wildman–Crippen LogP) is 1.87. The fraction of sp³-hybridized carbons (Fsp3) is 0. The molecule has 2 aromatic rings. The summed E-state index contributed by atoms with van der Waals surface area (Å²) >= 11 is 5.60. The average molecular weight is 226 g/mol. The van der Waals surface area contributed by atoms with Gasteiger partial charge in [0.1, 0.15) is 11.5 Å². The number of halogens is 2. The lowest BCUT2D eigenvalue weighted by Gasteiger charge is -2.02. The third-order valence-corrected chi connectivity index (χ3v) is 2.13. The molecule has 0 aliphatic rings. The number of carbonyl (C=O) groups is 1. The molecule has 0 aliphatic carbocycles. The van der Waals surface area contributed by atoms with Gasteiger partial charge in [0.2, 0.25) is 0 Å². The number of hydrogen-bond acceptors (Lipinski definition) is 3. The van der Waals surface area contributed by atoms with E-state index in [0.29, 0.717) is 12.0 Å². The first-order chi connectivity index (χ1) is 7.22. The topological polar surface area (TPSA) is 47.8 Å². The zero-order valence-corrected chi connectivity index (χ0v) is 8.15. The van der Waals surface area contributed by atoms with E-state index in [1.165, 1.54) is 29.1 Å². The van der Waals surface area contributed by atoms with Crippen LogP contribution in [0.4, 0.5) is 4.39 Å². The second kappa shape index (κ2) is 3.78. The van der Waals surface area contributed by atoms with Crippen LogP contribution in [-0.2, 0) is 0 Å². The second-order valence-electron chi connectivity index (χ2n) is 2.79. The van der Waals surface area contributed by atoms with Crippen molar-refractivity contribution in [2.75, 3.05) is 0 Å². The van der Waals surface area contributed by atoms with Crippen molar-refractivity contribution in [3.05, 3.63) is 40.9 Å². The lowest BCUT2D eigenvalue weighted by Crippen LogP contribution is -2.01. The molecule has 0 amide bonds. The first-order valence-corrected chi connectivity index (χ1v) is 4.41. The van der Waals surface area contributed by atoms with Crippen molar-refractivity contribution in [2.24, 2.45) is 0 Å². The quantitative estimate of drug-likeness (QED) is 0.733. The maximum absolute atomic E-state index is 12.9. The molecule has 0 aliphatic heterocycles. The van der Waals surface area contributed by atoms with Crippen LogP contribution in [0.2, 0.25) is 5.02 Å². The van der Waals surface area contributed by atoms with E-state index in [-0.39, 0.29) is 10.7 Å². The summed E-state index contributed by atoms with van der Waals surface area (Å²) in [7, 11) is 0. The van der Waals surface area contributed by atoms with Crippen LogP contribution in [0, 0.1) is 5.82 Å². The second-order valence-corrected chi connectivity index (χ2v) is 3.19. The third kappa shape index (κ3) is 1.73. The molecule has 0 N–H and O–H groups in total. The van der Waals surface area contributed by atoms with Crippen molar-refractivity contribution in [2.45, 2.75) is 0 Å². The average Bonchev–Trinajstić information content (AvgIpc) is 2.70. The lowest BCUT2D eigenvalue weighted by molar-refractivity contribution is 0.111. The van der Waals surface area contributed by atoms with Gasteiger partial charge in [-0.2, -0.15) is 0 Å². The van der Waals surface area contributed by atoms with Crippen molar-refractivity contribution >= 4 is 17.9 Å². The zero-order valence-electron chi connectivity index (χ0n) is 7.39. The molecular weight excluding hydrogens is 221 g/mol. The Morgan fingerprint density at radius 2 is 2.27 bits per heavy atom. The van der Waals surface area contributed by atoms with Gasteiger partial charge in [0.15, 0.2) is 6.29 Å². The maximum Gasteiger partial charge on any atom is 0.170 e. The number of nitrogens with zero attached hydrogens (tertiary/aromatic N) is 3. The molecule has 15 heavy (non-hydrogen) atoms. The van der Waals surface area contributed by atoms with Crippen LogP contribution in [0.1, 0.15) is 10.5 Å².